The summed E-state index contributed by atoms with van der Waals surface area (Å²) in [6.45, 7) is 7.17. The molecular weight excluding hydrogens is 492 g/mol. The summed E-state index contributed by atoms with van der Waals surface area (Å²) in [7, 11) is 3.51. The predicted molar refractivity (Wildman–Crippen MR) is 149 cm³/mol. The molecule has 0 radical (unpaired) electrons. The summed E-state index contributed by atoms with van der Waals surface area (Å²) in [6, 6.07) is 11.8. The monoisotopic (exact) mass is 528 g/mol. The van der Waals surface area contributed by atoms with Gasteiger partial charge < -0.3 is 19.1 Å². The normalized spacial score (nSPS) is 28.4. The van der Waals surface area contributed by atoms with E-state index >= 15 is 0 Å². The lowest BCUT2D eigenvalue weighted by molar-refractivity contribution is -0.135. The molecule has 2 aliphatic heterocycles. The molecule has 39 heavy (non-hydrogen) atoms. The minimum Gasteiger partial charge on any atom is -0.493 e. The van der Waals surface area contributed by atoms with Crippen LogP contribution in [-0.4, -0.2) is 67.1 Å². The van der Waals surface area contributed by atoms with E-state index in [4.69, 9.17) is 14.2 Å². The molecule has 204 valence electrons. The van der Waals surface area contributed by atoms with Crippen LogP contribution in [0.25, 0.3) is 6.08 Å². The molecule has 1 saturated carbocycles. The molecule has 5 atom stereocenters. The molecule has 2 aliphatic carbocycles. The zero-order valence-electron chi connectivity index (χ0n) is 22.9. The van der Waals surface area contributed by atoms with Crippen LogP contribution in [0.5, 0.6) is 17.2 Å². The number of carbonyl (C=O) groups excluding carboxylic acids is 2. The molecule has 0 N–H and O–H groups in total. The first-order valence-corrected chi connectivity index (χ1v) is 13.8. The molecule has 1 saturated heterocycles. The number of hydrogen-bond acceptors (Lipinski definition) is 6. The van der Waals surface area contributed by atoms with E-state index in [1.165, 1.54) is 6.92 Å². The number of amides is 1. The van der Waals surface area contributed by atoms with E-state index in [2.05, 4.69) is 11.5 Å². The lowest BCUT2D eigenvalue weighted by atomic mass is 9.51. The number of carbonyl (C=O) groups is 2. The molecule has 0 unspecified atom stereocenters. The zero-order valence-corrected chi connectivity index (χ0v) is 22.9. The summed E-state index contributed by atoms with van der Waals surface area (Å²) in [4.78, 5) is 29.9. The molecule has 2 heterocycles. The number of rotatable bonds is 7. The zero-order chi connectivity index (χ0) is 27.3. The van der Waals surface area contributed by atoms with Crippen molar-refractivity contribution in [3.8, 4) is 17.2 Å². The molecule has 1 amide bonds. The van der Waals surface area contributed by atoms with E-state index in [1.54, 1.807) is 19.3 Å². The topological polar surface area (TPSA) is 68.3 Å². The maximum absolute atomic E-state index is 13.4. The van der Waals surface area contributed by atoms with Crippen LogP contribution in [-0.2, 0) is 21.4 Å². The summed E-state index contributed by atoms with van der Waals surface area (Å²) in [5.74, 6) is 1.86. The second-order valence-electron chi connectivity index (χ2n) is 11.2. The van der Waals surface area contributed by atoms with Crippen molar-refractivity contribution in [1.82, 2.24) is 9.80 Å². The molecule has 2 aromatic carbocycles. The number of likely N-dealkylation sites (N-methyl/N-ethyl adjacent to an activating group) is 1. The highest BCUT2D eigenvalue weighted by Gasteiger charge is 2.67. The first-order chi connectivity index (χ1) is 18.9. The van der Waals surface area contributed by atoms with Gasteiger partial charge in [0.05, 0.1) is 13.2 Å². The molecule has 7 heteroatoms. The van der Waals surface area contributed by atoms with Crippen molar-refractivity contribution < 1.29 is 23.8 Å². The number of piperidine rings is 1. The Bertz CT molecular complexity index is 1340. The molecule has 1 spiro atoms. The van der Waals surface area contributed by atoms with Gasteiger partial charge in [0.25, 0.3) is 0 Å². The molecule has 4 aliphatic rings. The Labute approximate surface area is 230 Å². The fourth-order valence-corrected chi connectivity index (χ4v) is 7.84. The van der Waals surface area contributed by atoms with Gasteiger partial charge in [-0.2, -0.15) is 0 Å². The average Bonchev–Trinajstić information content (AvgIpc) is 3.28. The Morgan fingerprint density at radius 2 is 2.03 bits per heavy atom. The number of nitrogens with zero attached hydrogens (tertiary/aromatic N) is 2. The minimum atomic E-state index is -0.353. The second kappa shape index (κ2) is 9.87. The summed E-state index contributed by atoms with van der Waals surface area (Å²) in [6.07, 6.45) is 8.81. The first-order valence-electron chi connectivity index (χ1n) is 13.8. The van der Waals surface area contributed by atoms with Gasteiger partial charge in [-0.3, -0.25) is 14.5 Å². The number of methoxy groups -OCH3 is 1. The van der Waals surface area contributed by atoms with Crippen LogP contribution in [0.4, 0.5) is 0 Å². The number of esters is 1. The van der Waals surface area contributed by atoms with Gasteiger partial charge in [-0.15, -0.1) is 6.58 Å². The van der Waals surface area contributed by atoms with Crippen LogP contribution in [0.2, 0.25) is 0 Å². The number of ether oxygens (including phenoxy) is 3. The highest BCUT2D eigenvalue weighted by Crippen LogP contribution is 2.65. The molecular formula is C32H36N2O5. The Morgan fingerprint density at radius 3 is 2.74 bits per heavy atom. The van der Waals surface area contributed by atoms with Gasteiger partial charge >= 0.3 is 5.97 Å². The standard InChI is InChI=1S/C32H36N2O5/c1-5-16-34-17-15-32-23-12-13-24(33(3)28(36)14-11-21-9-7-6-8-10-21)31(32)39-30-27(37-4)19-26(38-20(2)35)22(29(30)32)18-25(23)34/h5-11,14,19,23-25,31H,1,12-13,15-18H2,2-4H3/t23-,24-,25+,31-,32-/m0/s1. The third kappa shape index (κ3) is 3.97. The maximum atomic E-state index is 13.4. The lowest BCUT2D eigenvalue weighted by Crippen LogP contribution is -2.68. The van der Waals surface area contributed by atoms with E-state index in [-0.39, 0.29) is 35.5 Å². The van der Waals surface area contributed by atoms with Crippen LogP contribution < -0.4 is 14.2 Å². The number of likely N-dealkylation sites (tertiary alicyclic amines) is 1. The van der Waals surface area contributed by atoms with Gasteiger partial charge in [0, 0.05) is 55.2 Å². The minimum absolute atomic E-state index is 0.0393. The van der Waals surface area contributed by atoms with Crippen molar-refractivity contribution >= 4 is 18.0 Å². The molecule has 0 aromatic heterocycles. The van der Waals surface area contributed by atoms with E-state index in [0.29, 0.717) is 17.4 Å². The maximum Gasteiger partial charge on any atom is 0.308 e. The van der Waals surface area contributed by atoms with Crippen molar-refractivity contribution in [3.05, 3.63) is 71.8 Å². The van der Waals surface area contributed by atoms with Crippen molar-refractivity contribution in [1.29, 1.82) is 0 Å². The van der Waals surface area contributed by atoms with Gasteiger partial charge in [0.1, 0.15) is 11.9 Å². The molecule has 2 bridgehead atoms. The third-order valence-corrected chi connectivity index (χ3v) is 9.37. The second-order valence-corrected chi connectivity index (χ2v) is 11.2. The fourth-order valence-electron chi connectivity index (χ4n) is 7.84. The summed E-state index contributed by atoms with van der Waals surface area (Å²) in [5, 5.41) is 0. The fraction of sp³-hybridized carbons (Fsp3) is 0.438. The number of hydrogen-bond donors (Lipinski definition) is 0. The SMILES string of the molecule is C=CCN1CC[C@]23c4c5c(OC(C)=O)cc(OC)c4O[C@H]2[C@@H](N(C)C(=O)C=Cc2ccccc2)CC[C@H]3[C@H]1C5. The average molecular weight is 529 g/mol. The van der Waals surface area contributed by atoms with Crippen molar-refractivity contribution in [2.45, 2.75) is 56.2 Å². The molecule has 7 nitrogen and oxygen atoms in total. The van der Waals surface area contributed by atoms with E-state index < -0.39 is 0 Å². The Morgan fingerprint density at radius 1 is 1.23 bits per heavy atom. The van der Waals surface area contributed by atoms with Crippen LogP contribution in [0, 0.1) is 5.92 Å². The van der Waals surface area contributed by atoms with E-state index in [0.717, 1.165) is 61.2 Å². The Kier molecular flexibility index (Phi) is 6.50. The lowest BCUT2D eigenvalue weighted by Gasteiger charge is -2.60. The van der Waals surface area contributed by atoms with Crippen LogP contribution in [0.3, 0.4) is 0 Å². The van der Waals surface area contributed by atoms with Crippen LogP contribution in [0.15, 0.2) is 55.1 Å². The largest absolute Gasteiger partial charge is 0.493 e. The highest BCUT2D eigenvalue weighted by molar-refractivity contribution is 5.92. The van der Waals surface area contributed by atoms with Crippen molar-refractivity contribution in [3.63, 3.8) is 0 Å². The van der Waals surface area contributed by atoms with Crippen molar-refractivity contribution in [2.24, 2.45) is 5.92 Å². The van der Waals surface area contributed by atoms with E-state index in [1.807, 2.05) is 54.4 Å². The summed E-state index contributed by atoms with van der Waals surface area (Å²) in [5.41, 5.74) is 2.88. The van der Waals surface area contributed by atoms with Gasteiger partial charge in [-0.05, 0) is 49.8 Å². The Hall–Kier alpha value is -3.58. The van der Waals surface area contributed by atoms with Gasteiger partial charge in [0.2, 0.25) is 5.91 Å². The third-order valence-electron chi connectivity index (χ3n) is 9.37. The van der Waals surface area contributed by atoms with Gasteiger partial charge in [-0.25, -0.2) is 0 Å². The molecule has 6 rings (SSSR count). The summed E-state index contributed by atoms with van der Waals surface area (Å²) >= 11 is 0. The van der Waals surface area contributed by atoms with Gasteiger partial charge in [-0.1, -0.05) is 36.4 Å². The van der Waals surface area contributed by atoms with Crippen LogP contribution >= 0.6 is 0 Å². The highest BCUT2D eigenvalue weighted by atomic mass is 16.5. The Balaban J connectivity index is 1.42. The first kappa shape index (κ1) is 25.7. The number of benzene rings is 2. The van der Waals surface area contributed by atoms with E-state index in [9.17, 15) is 9.59 Å². The van der Waals surface area contributed by atoms with Gasteiger partial charge in [0.15, 0.2) is 11.5 Å². The van der Waals surface area contributed by atoms with Crippen LogP contribution in [0.1, 0.15) is 42.9 Å². The quantitative estimate of drug-likeness (QED) is 0.230. The van der Waals surface area contributed by atoms with Crippen molar-refractivity contribution in [2.75, 3.05) is 27.2 Å². The molecule has 2 aromatic rings. The smallest absolute Gasteiger partial charge is 0.308 e. The summed E-state index contributed by atoms with van der Waals surface area (Å²) < 4.78 is 18.4. The molecule has 2 fully saturated rings. The predicted octanol–water partition coefficient (Wildman–Crippen LogP) is 4.39.